The Labute approximate surface area is 190 Å². The van der Waals surface area contributed by atoms with E-state index in [0.717, 1.165) is 19.3 Å². The summed E-state index contributed by atoms with van der Waals surface area (Å²) in [4.78, 5) is 36.5. The van der Waals surface area contributed by atoms with E-state index in [4.69, 9.17) is 0 Å². The van der Waals surface area contributed by atoms with Crippen LogP contribution in [-0.2, 0) is 10.1 Å². The lowest BCUT2D eigenvalue weighted by molar-refractivity contribution is -0.385. The number of benzene rings is 1. The highest BCUT2D eigenvalue weighted by Crippen LogP contribution is 2.29. The molecule has 7 heteroatoms. The van der Waals surface area contributed by atoms with Gasteiger partial charge in [0.15, 0.2) is 11.6 Å². The molecule has 0 fully saturated rings. The van der Waals surface area contributed by atoms with Crippen molar-refractivity contribution in [1.82, 2.24) is 0 Å². The van der Waals surface area contributed by atoms with E-state index < -0.39 is 15.2 Å². The summed E-state index contributed by atoms with van der Waals surface area (Å²) in [7, 11) is 0. The molecule has 1 unspecified atom stereocenters. The molecular weight excluding hydrogens is 502 g/mol. The minimum absolute atomic E-state index is 0.00554. The van der Waals surface area contributed by atoms with Crippen LogP contribution in [0.25, 0.3) is 0 Å². The minimum atomic E-state index is -0.702. The van der Waals surface area contributed by atoms with Crippen LogP contribution in [-0.4, -0.2) is 20.8 Å². The highest BCUT2D eigenvalue weighted by Gasteiger charge is 2.32. The Morgan fingerprint density at radius 1 is 1.14 bits per heavy atom. The summed E-state index contributed by atoms with van der Waals surface area (Å²) in [5.41, 5.74) is 0.731. The lowest BCUT2D eigenvalue weighted by Crippen LogP contribution is -2.33. The average molecular weight is 533 g/mol. The second-order valence-electron chi connectivity index (χ2n) is 7.95. The fraction of sp³-hybridized carbons (Fsp3) is 0.636. The molecule has 1 aromatic rings. The predicted octanol–water partition coefficient (Wildman–Crippen LogP) is 7.17. The van der Waals surface area contributed by atoms with E-state index in [9.17, 15) is 19.7 Å². The Balaban J connectivity index is 2.89. The summed E-state index contributed by atoms with van der Waals surface area (Å²) in [6.45, 7) is 5.76. The molecule has 0 saturated heterocycles. The first-order valence-electron chi connectivity index (χ1n) is 10.2. The number of nitro groups is 1. The zero-order valence-corrected chi connectivity index (χ0v) is 20.7. The zero-order chi connectivity index (χ0) is 22.0. The van der Waals surface area contributed by atoms with Crippen molar-refractivity contribution in [3.8, 4) is 0 Å². The summed E-state index contributed by atoms with van der Waals surface area (Å²) >= 11 is 6.66. The zero-order valence-electron chi connectivity index (χ0n) is 17.5. The maximum atomic E-state index is 12.9. The third-order valence-corrected chi connectivity index (χ3v) is 6.04. The topological polar surface area (TPSA) is 77.3 Å². The Kier molecular flexibility index (Phi) is 11.3. The van der Waals surface area contributed by atoms with Gasteiger partial charge in [-0.15, -0.1) is 0 Å². The van der Waals surface area contributed by atoms with Gasteiger partial charge in [0.2, 0.25) is 0 Å². The van der Waals surface area contributed by atoms with Crippen molar-refractivity contribution in [3.63, 3.8) is 0 Å². The van der Waals surface area contributed by atoms with Crippen molar-refractivity contribution < 1.29 is 14.5 Å². The normalized spacial score (nSPS) is 12.6. The summed E-state index contributed by atoms with van der Waals surface area (Å²) in [5.74, 6) is -0.612. The fourth-order valence-electron chi connectivity index (χ4n) is 3.34. The number of nitrogens with zero attached hydrogens (tertiary/aromatic N) is 1. The summed E-state index contributed by atoms with van der Waals surface area (Å²) in [6, 6.07) is 4.53. The number of ketones is 2. The second-order valence-corrected chi connectivity index (χ2v) is 10.5. The van der Waals surface area contributed by atoms with E-state index in [2.05, 4.69) is 38.8 Å². The number of alkyl halides is 2. The van der Waals surface area contributed by atoms with Crippen molar-refractivity contribution in [1.29, 1.82) is 0 Å². The molecule has 5 nitrogen and oxygen atoms in total. The standard InChI is InChI=1S/C22H31Br2NO4/c1-4-5-6-7-8-9-10-17(21(27)22(2,3)24)14-20(26)16-11-12-18(15-23)19(13-16)25(28)29/h11-13,17H,4-10,14-15H2,1-3H3. The van der Waals surface area contributed by atoms with Crippen molar-refractivity contribution in [2.24, 2.45) is 5.92 Å². The summed E-state index contributed by atoms with van der Waals surface area (Å²) in [5, 5.41) is 11.6. The minimum Gasteiger partial charge on any atom is -0.298 e. The third kappa shape index (κ3) is 8.67. The molecule has 0 spiro atoms. The molecule has 0 radical (unpaired) electrons. The van der Waals surface area contributed by atoms with Crippen LogP contribution < -0.4 is 0 Å². The molecule has 162 valence electrons. The molecular formula is C22H31Br2NO4. The van der Waals surface area contributed by atoms with Gasteiger partial charge in [0, 0.05) is 34.9 Å². The van der Waals surface area contributed by atoms with E-state index in [1.165, 1.54) is 25.3 Å². The highest BCUT2D eigenvalue weighted by molar-refractivity contribution is 9.10. The van der Waals surface area contributed by atoms with E-state index in [0.29, 0.717) is 17.3 Å². The van der Waals surface area contributed by atoms with Crippen LogP contribution in [0.5, 0.6) is 0 Å². The first-order valence-corrected chi connectivity index (χ1v) is 12.1. The number of unbranched alkanes of at least 4 members (excludes halogenated alkanes) is 5. The summed E-state index contributed by atoms with van der Waals surface area (Å²) in [6.07, 6.45) is 7.43. The SMILES string of the molecule is CCCCCCCCC(CC(=O)c1ccc(CBr)c([N+](=O)[O-])c1)C(=O)C(C)(C)Br. The first-order chi connectivity index (χ1) is 13.6. The molecule has 0 aromatic heterocycles. The molecule has 0 aliphatic carbocycles. The maximum absolute atomic E-state index is 12.9. The molecule has 0 N–H and O–H groups in total. The second kappa shape index (κ2) is 12.6. The number of Topliss-reactive ketones (excluding diaryl/α,β-unsaturated/α-hetero) is 2. The number of halogens is 2. The van der Waals surface area contributed by atoms with Crippen molar-refractivity contribution in [3.05, 3.63) is 39.4 Å². The van der Waals surface area contributed by atoms with Gasteiger partial charge in [-0.1, -0.05) is 89.4 Å². The molecule has 0 amide bonds. The largest absolute Gasteiger partial charge is 0.298 e. The highest BCUT2D eigenvalue weighted by atomic mass is 79.9. The molecule has 0 aliphatic rings. The molecule has 0 saturated carbocycles. The molecule has 0 aliphatic heterocycles. The predicted molar refractivity (Wildman–Crippen MR) is 124 cm³/mol. The first kappa shape index (κ1) is 26.0. The van der Waals surface area contributed by atoms with E-state index >= 15 is 0 Å². The number of hydrogen-bond donors (Lipinski definition) is 0. The van der Waals surface area contributed by atoms with Gasteiger partial charge < -0.3 is 0 Å². The average Bonchev–Trinajstić information content (AvgIpc) is 2.67. The van der Waals surface area contributed by atoms with Crippen LogP contribution in [0.2, 0.25) is 0 Å². The van der Waals surface area contributed by atoms with Crippen LogP contribution in [0.1, 0.15) is 88.1 Å². The Hall–Kier alpha value is -1.08. The molecule has 1 atom stereocenters. The van der Waals surface area contributed by atoms with Gasteiger partial charge in [0.1, 0.15) is 0 Å². The van der Waals surface area contributed by atoms with Gasteiger partial charge in [-0.05, 0) is 20.3 Å². The van der Waals surface area contributed by atoms with Crippen molar-refractivity contribution in [2.75, 3.05) is 0 Å². The summed E-state index contributed by atoms with van der Waals surface area (Å²) < 4.78 is -0.702. The quantitative estimate of drug-likeness (QED) is 0.0835. The van der Waals surface area contributed by atoms with Crippen LogP contribution in [0.4, 0.5) is 5.69 Å². The van der Waals surface area contributed by atoms with Gasteiger partial charge >= 0.3 is 0 Å². The number of rotatable bonds is 14. The van der Waals surface area contributed by atoms with Crippen LogP contribution in [0, 0.1) is 16.0 Å². The van der Waals surface area contributed by atoms with Gasteiger partial charge in [-0.25, -0.2) is 0 Å². The lowest BCUT2D eigenvalue weighted by atomic mass is 9.85. The van der Waals surface area contributed by atoms with E-state index in [1.807, 2.05) is 0 Å². The molecule has 0 heterocycles. The molecule has 29 heavy (non-hydrogen) atoms. The molecule has 0 bridgehead atoms. The van der Waals surface area contributed by atoms with Crippen LogP contribution in [0.15, 0.2) is 18.2 Å². The lowest BCUT2D eigenvalue weighted by Gasteiger charge is -2.23. The molecule has 1 rings (SSSR count). The number of carbonyl (C=O) groups is 2. The van der Waals surface area contributed by atoms with Gasteiger partial charge in [0.25, 0.3) is 5.69 Å². The van der Waals surface area contributed by atoms with E-state index in [1.54, 1.807) is 26.0 Å². The Morgan fingerprint density at radius 2 is 1.76 bits per heavy atom. The van der Waals surface area contributed by atoms with Crippen LogP contribution in [0.3, 0.4) is 0 Å². The third-order valence-electron chi connectivity index (χ3n) is 5.04. The van der Waals surface area contributed by atoms with Gasteiger partial charge in [-0.3, -0.25) is 19.7 Å². The van der Waals surface area contributed by atoms with Crippen molar-refractivity contribution >= 4 is 49.1 Å². The Morgan fingerprint density at radius 3 is 2.31 bits per heavy atom. The molecule has 1 aromatic carbocycles. The van der Waals surface area contributed by atoms with Crippen molar-refractivity contribution in [2.45, 2.75) is 81.8 Å². The number of nitro benzene ring substituents is 1. The fourth-order valence-corrected chi connectivity index (χ4v) is 4.14. The van der Waals surface area contributed by atoms with Gasteiger partial charge in [-0.2, -0.15) is 0 Å². The number of hydrogen-bond acceptors (Lipinski definition) is 4. The van der Waals surface area contributed by atoms with E-state index in [-0.39, 0.29) is 29.2 Å². The van der Waals surface area contributed by atoms with Gasteiger partial charge in [0.05, 0.1) is 9.25 Å². The maximum Gasteiger partial charge on any atom is 0.274 e. The number of carbonyl (C=O) groups excluding carboxylic acids is 2. The van der Waals surface area contributed by atoms with Crippen LogP contribution >= 0.6 is 31.9 Å². The monoisotopic (exact) mass is 531 g/mol. The smallest absolute Gasteiger partial charge is 0.274 e. The Bertz CT molecular complexity index is 713.